The van der Waals surface area contributed by atoms with Crippen LogP contribution in [0.5, 0.6) is 0 Å². The van der Waals surface area contributed by atoms with E-state index in [-0.39, 0.29) is 11.8 Å². The number of carbonyl (C=O) groups is 2. The molecule has 0 saturated carbocycles. The first kappa shape index (κ1) is 17.3. The minimum absolute atomic E-state index is 0.0877. The van der Waals surface area contributed by atoms with Gasteiger partial charge in [-0.25, -0.2) is 0 Å². The van der Waals surface area contributed by atoms with Gasteiger partial charge in [-0.2, -0.15) is 0 Å². The molecule has 1 N–H and O–H groups in total. The topological polar surface area (TPSA) is 52.7 Å². The molecule has 0 aromatic rings. The molecule has 2 heterocycles. The fourth-order valence-corrected chi connectivity index (χ4v) is 3.35. The van der Waals surface area contributed by atoms with Gasteiger partial charge in [0.15, 0.2) is 0 Å². The molecule has 0 spiro atoms. The zero-order chi connectivity index (χ0) is 15.9. The van der Waals surface area contributed by atoms with E-state index in [4.69, 9.17) is 0 Å². The highest BCUT2D eigenvalue weighted by Crippen LogP contribution is 2.18. The lowest BCUT2D eigenvalue weighted by Crippen LogP contribution is -2.42. The molecule has 0 bridgehead atoms. The molecule has 0 unspecified atom stereocenters. The maximum absolute atomic E-state index is 11.9. The van der Waals surface area contributed by atoms with Gasteiger partial charge in [-0.05, 0) is 58.5 Å². The summed E-state index contributed by atoms with van der Waals surface area (Å²) in [4.78, 5) is 28.0. The quantitative estimate of drug-likeness (QED) is 0.811. The van der Waals surface area contributed by atoms with Crippen molar-refractivity contribution in [2.45, 2.75) is 58.4 Å². The van der Waals surface area contributed by atoms with Crippen LogP contribution in [0.1, 0.15) is 52.4 Å². The van der Waals surface area contributed by atoms with Gasteiger partial charge in [0.05, 0.1) is 0 Å². The van der Waals surface area contributed by atoms with E-state index >= 15 is 0 Å². The highest BCUT2D eigenvalue weighted by atomic mass is 16.2. The summed E-state index contributed by atoms with van der Waals surface area (Å²) in [5.74, 6) is 0.903. The van der Waals surface area contributed by atoms with Crippen molar-refractivity contribution in [1.82, 2.24) is 15.1 Å². The van der Waals surface area contributed by atoms with Crippen molar-refractivity contribution in [3.05, 3.63) is 0 Å². The zero-order valence-corrected chi connectivity index (χ0v) is 14.1. The summed E-state index contributed by atoms with van der Waals surface area (Å²) in [6.45, 7) is 8.95. The monoisotopic (exact) mass is 309 g/mol. The van der Waals surface area contributed by atoms with E-state index in [0.29, 0.717) is 31.3 Å². The van der Waals surface area contributed by atoms with E-state index in [2.05, 4.69) is 24.1 Å². The smallest absolute Gasteiger partial charge is 0.222 e. The van der Waals surface area contributed by atoms with E-state index in [0.717, 1.165) is 39.0 Å². The Morgan fingerprint density at radius 2 is 1.95 bits per heavy atom. The van der Waals surface area contributed by atoms with E-state index < -0.39 is 0 Å². The first-order valence-corrected chi connectivity index (χ1v) is 8.85. The van der Waals surface area contributed by atoms with Crippen LogP contribution in [0, 0.1) is 5.92 Å². The van der Waals surface area contributed by atoms with Crippen molar-refractivity contribution >= 4 is 11.8 Å². The number of hydrogen-bond acceptors (Lipinski definition) is 3. The Kier molecular flexibility index (Phi) is 6.68. The van der Waals surface area contributed by atoms with Gasteiger partial charge >= 0.3 is 0 Å². The third kappa shape index (κ3) is 5.27. The second kappa shape index (κ2) is 8.51. The molecule has 5 heteroatoms. The fraction of sp³-hybridized carbons (Fsp3) is 0.882. The lowest BCUT2D eigenvalue weighted by molar-refractivity contribution is -0.133. The van der Waals surface area contributed by atoms with Gasteiger partial charge in [-0.15, -0.1) is 0 Å². The highest BCUT2D eigenvalue weighted by Gasteiger charge is 2.22. The molecule has 2 rings (SSSR count). The van der Waals surface area contributed by atoms with E-state index in [1.165, 1.54) is 12.8 Å². The molecule has 0 aliphatic carbocycles. The number of piperidine rings is 2. The average Bonchev–Trinajstić information content (AvgIpc) is 2.52. The van der Waals surface area contributed by atoms with Crippen LogP contribution in [0.3, 0.4) is 0 Å². The largest absolute Gasteiger partial charge is 0.356 e. The molecule has 2 amide bonds. The second-order valence-corrected chi connectivity index (χ2v) is 6.97. The van der Waals surface area contributed by atoms with Crippen LogP contribution in [0.2, 0.25) is 0 Å². The highest BCUT2D eigenvalue weighted by molar-refractivity contribution is 5.79. The summed E-state index contributed by atoms with van der Waals surface area (Å²) in [5.41, 5.74) is 0. The van der Waals surface area contributed by atoms with Crippen LogP contribution in [-0.2, 0) is 9.59 Å². The Morgan fingerprint density at radius 1 is 1.23 bits per heavy atom. The summed E-state index contributed by atoms with van der Waals surface area (Å²) in [7, 11) is 0. The first-order valence-electron chi connectivity index (χ1n) is 8.85. The minimum Gasteiger partial charge on any atom is -0.356 e. The Labute approximate surface area is 134 Å². The first-order chi connectivity index (χ1) is 10.6. The fourth-order valence-electron chi connectivity index (χ4n) is 3.35. The maximum Gasteiger partial charge on any atom is 0.222 e. The molecule has 2 saturated heterocycles. The van der Waals surface area contributed by atoms with Crippen LogP contribution < -0.4 is 5.32 Å². The molecule has 0 atom stereocenters. The molecular formula is C17H31N3O2. The van der Waals surface area contributed by atoms with Gasteiger partial charge < -0.3 is 15.1 Å². The van der Waals surface area contributed by atoms with Crippen molar-refractivity contribution in [3.63, 3.8) is 0 Å². The lowest BCUT2D eigenvalue weighted by Gasteiger charge is -2.34. The van der Waals surface area contributed by atoms with E-state index in [9.17, 15) is 9.59 Å². The van der Waals surface area contributed by atoms with Crippen LogP contribution in [-0.4, -0.2) is 60.4 Å². The molecule has 0 aromatic heterocycles. The van der Waals surface area contributed by atoms with Crippen LogP contribution >= 0.6 is 0 Å². The summed E-state index contributed by atoms with van der Waals surface area (Å²) >= 11 is 0. The Balaban J connectivity index is 1.59. The molecule has 5 nitrogen and oxygen atoms in total. The molecule has 22 heavy (non-hydrogen) atoms. The number of nitrogens with zero attached hydrogens (tertiary/aromatic N) is 2. The predicted octanol–water partition coefficient (Wildman–Crippen LogP) is 1.63. The predicted molar refractivity (Wildman–Crippen MR) is 87.5 cm³/mol. The summed E-state index contributed by atoms with van der Waals surface area (Å²) in [5, 5.41) is 3.06. The summed E-state index contributed by atoms with van der Waals surface area (Å²) in [6.07, 6.45) is 5.50. The Morgan fingerprint density at radius 3 is 2.59 bits per heavy atom. The zero-order valence-electron chi connectivity index (χ0n) is 14.1. The third-order valence-electron chi connectivity index (χ3n) is 5.00. The van der Waals surface area contributed by atoms with Crippen LogP contribution in [0.25, 0.3) is 0 Å². The molecular weight excluding hydrogens is 278 g/mol. The van der Waals surface area contributed by atoms with Crippen LogP contribution in [0.15, 0.2) is 0 Å². The molecule has 2 fully saturated rings. The van der Waals surface area contributed by atoms with Gasteiger partial charge in [-0.1, -0.05) is 0 Å². The molecule has 2 aliphatic heterocycles. The number of carbonyl (C=O) groups excluding carboxylic acids is 2. The minimum atomic E-state index is 0.0877. The number of rotatable bonds is 6. The van der Waals surface area contributed by atoms with Gasteiger partial charge in [0.2, 0.25) is 11.8 Å². The van der Waals surface area contributed by atoms with Crippen molar-refractivity contribution < 1.29 is 9.59 Å². The van der Waals surface area contributed by atoms with Crippen molar-refractivity contribution in [1.29, 1.82) is 0 Å². The standard InChI is InChI=1S/C17H31N3O2/c1-14(2)19-10-6-15(7-11-19)13-18-16(21)8-12-20-9-4-3-5-17(20)22/h14-15H,3-13H2,1-2H3,(H,18,21). The molecule has 0 aromatic carbocycles. The number of nitrogens with one attached hydrogen (secondary N) is 1. The van der Waals surface area contributed by atoms with Gasteiger partial charge in [0.1, 0.15) is 0 Å². The Bertz CT molecular complexity index is 376. The summed E-state index contributed by atoms with van der Waals surface area (Å²) in [6, 6.07) is 0.623. The third-order valence-corrected chi connectivity index (χ3v) is 5.00. The SMILES string of the molecule is CC(C)N1CCC(CNC(=O)CCN2CCCCC2=O)CC1. The van der Waals surface area contributed by atoms with E-state index in [1.54, 1.807) is 0 Å². The number of hydrogen-bond donors (Lipinski definition) is 1. The molecule has 0 radical (unpaired) electrons. The molecule has 126 valence electrons. The second-order valence-electron chi connectivity index (χ2n) is 6.97. The van der Waals surface area contributed by atoms with Gasteiger partial charge in [0.25, 0.3) is 0 Å². The Hall–Kier alpha value is -1.10. The number of amides is 2. The van der Waals surface area contributed by atoms with Crippen molar-refractivity contribution in [2.24, 2.45) is 5.92 Å². The van der Waals surface area contributed by atoms with Crippen molar-refractivity contribution in [3.8, 4) is 0 Å². The molecule has 2 aliphatic rings. The van der Waals surface area contributed by atoms with E-state index in [1.807, 2.05) is 4.90 Å². The summed E-state index contributed by atoms with van der Waals surface area (Å²) < 4.78 is 0. The van der Waals surface area contributed by atoms with Gasteiger partial charge in [-0.3, -0.25) is 9.59 Å². The lowest BCUT2D eigenvalue weighted by atomic mass is 9.96. The normalized spacial score (nSPS) is 21.4. The van der Waals surface area contributed by atoms with Crippen LogP contribution in [0.4, 0.5) is 0 Å². The van der Waals surface area contributed by atoms with Gasteiger partial charge in [0, 0.05) is 38.5 Å². The van der Waals surface area contributed by atoms with Crippen molar-refractivity contribution in [2.75, 3.05) is 32.7 Å². The average molecular weight is 309 g/mol. The maximum atomic E-state index is 11.9. The number of likely N-dealkylation sites (tertiary alicyclic amines) is 2.